The van der Waals surface area contributed by atoms with Crippen LogP contribution in [0.5, 0.6) is 0 Å². The topological polar surface area (TPSA) is 78.9 Å². The Kier molecular flexibility index (Phi) is 4.08. The van der Waals surface area contributed by atoms with Crippen molar-refractivity contribution in [2.75, 3.05) is 14.2 Å². The molecule has 0 aromatic rings. The van der Waals surface area contributed by atoms with E-state index in [-0.39, 0.29) is 41.9 Å². The van der Waals surface area contributed by atoms with Gasteiger partial charge in [0, 0.05) is 29.8 Å². The number of allylic oxidation sites excluding steroid dienone is 2. The van der Waals surface area contributed by atoms with Crippen molar-refractivity contribution in [1.82, 2.24) is 0 Å². The van der Waals surface area contributed by atoms with Crippen molar-refractivity contribution in [2.45, 2.75) is 58.7 Å². The fraction of sp³-hybridized carbons (Fsp3) is 0.762. The number of rotatable bonds is 2. The number of ether oxygens (including phenoxy) is 3. The van der Waals surface area contributed by atoms with E-state index in [2.05, 4.69) is 0 Å². The number of esters is 1. The van der Waals surface area contributed by atoms with Crippen LogP contribution in [0.15, 0.2) is 11.3 Å². The van der Waals surface area contributed by atoms with Crippen LogP contribution in [0.1, 0.15) is 46.5 Å². The van der Waals surface area contributed by atoms with Crippen LogP contribution >= 0.6 is 0 Å². The molecule has 27 heavy (non-hydrogen) atoms. The van der Waals surface area contributed by atoms with Crippen LogP contribution in [0, 0.1) is 28.6 Å². The summed E-state index contributed by atoms with van der Waals surface area (Å²) in [7, 11) is 3.04. The first-order chi connectivity index (χ1) is 12.7. The predicted octanol–water partition coefficient (Wildman–Crippen LogP) is 2.45. The largest absolute Gasteiger partial charge is 0.493 e. The zero-order valence-corrected chi connectivity index (χ0v) is 16.7. The molecule has 4 aliphatic rings. The van der Waals surface area contributed by atoms with Gasteiger partial charge in [0.15, 0.2) is 11.5 Å². The first-order valence-corrected chi connectivity index (χ1v) is 9.76. The molecule has 6 nitrogen and oxygen atoms in total. The van der Waals surface area contributed by atoms with E-state index in [1.165, 1.54) is 7.11 Å². The van der Waals surface area contributed by atoms with Gasteiger partial charge in [0.2, 0.25) is 5.78 Å². The molecule has 0 amide bonds. The van der Waals surface area contributed by atoms with Gasteiger partial charge in [0.05, 0.1) is 13.5 Å². The average molecular weight is 376 g/mol. The molecule has 0 aromatic carbocycles. The SMILES string of the molecule is COC1=C(C)[C@@H]2CC(=O)O[C@@H]3C[C@H]4CC[C@H](OC)C(=O)[C@]4(C)[C@@H](C1=O)[C@@]32C. The molecular weight excluding hydrogens is 348 g/mol. The molecule has 1 saturated heterocycles. The molecule has 0 bridgehead atoms. The quantitative estimate of drug-likeness (QED) is 0.689. The molecule has 3 aliphatic carbocycles. The minimum absolute atomic E-state index is 0.00457. The van der Waals surface area contributed by atoms with E-state index in [4.69, 9.17) is 14.2 Å². The van der Waals surface area contributed by atoms with Crippen molar-refractivity contribution in [2.24, 2.45) is 28.6 Å². The second-order valence-corrected chi connectivity index (χ2v) is 9.00. The van der Waals surface area contributed by atoms with E-state index in [1.807, 2.05) is 20.8 Å². The summed E-state index contributed by atoms with van der Waals surface area (Å²) in [5.74, 6) is -0.785. The summed E-state index contributed by atoms with van der Waals surface area (Å²) in [5, 5.41) is 0. The standard InChI is InChI=1S/C21H28O6/c1-10-12-9-15(22)27-14-8-11-6-7-13(25-4)19(24)20(11,2)18(21(12,14)3)16(23)17(10)26-5/h11-14,18H,6-9H2,1-5H3/t11-,12+,13+,14-,18-,20+,21-/m1/s1. The zero-order valence-electron chi connectivity index (χ0n) is 16.7. The van der Waals surface area contributed by atoms with Gasteiger partial charge in [0.1, 0.15) is 12.2 Å². The number of carbonyl (C=O) groups is 3. The lowest BCUT2D eigenvalue weighted by Gasteiger charge is -2.64. The molecule has 3 fully saturated rings. The molecule has 0 N–H and O–H groups in total. The number of Topliss-reactive ketones (excluding diaryl/α,β-unsaturated/α-hetero) is 2. The smallest absolute Gasteiger partial charge is 0.306 e. The highest BCUT2D eigenvalue weighted by molar-refractivity contribution is 6.04. The minimum atomic E-state index is -0.840. The molecule has 0 aromatic heterocycles. The van der Waals surface area contributed by atoms with Crippen molar-refractivity contribution in [1.29, 1.82) is 0 Å². The van der Waals surface area contributed by atoms with Gasteiger partial charge in [-0.15, -0.1) is 0 Å². The number of fused-ring (bicyclic) bond motifs is 2. The Morgan fingerprint density at radius 3 is 2.44 bits per heavy atom. The molecule has 4 rings (SSSR count). The molecule has 0 radical (unpaired) electrons. The third kappa shape index (κ3) is 2.13. The third-order valence-electron chi connectivity index (χ3n) is 8.11. The summed E-state index contributed by atoms with van der Waals surface area (Å²) in [6.45, 7) is 5.82. The number of carbonyl (C=O) groups excluding carboxylic acids is 3. The van der Waals surface area contributed by atoms with Crippen molar-refractivity contribution >= 4 is 17.5 Å². The van der Waals surface area contributed by atoms with E-state index in [0.717, 1.165) is 12.0 Å². The summed E-state index contributed by atoms with van der Waals surface area (Å²) >= 11 is 0. The fourth-order valence-corrected chi connectivity index (χ4v) is 6.76. The van der Waals surface area contributed by atoms with Gasteiger partial charge < -0.3 is 14.2 Å². The van der Waals surface area contributed by atoms with E-state index < -0.39 is 22.9 Å². The van der Waals surface area contributed by atoms with Crippen LogP contribution in [0.2, 0.25) is 0 Å². The Labute approximate surface area is 159 Å². The Morgan fingerprint density at radius 1 is 1.11 bits per heavy atom. The highest BCUT2D eigenvalue weighted by Gasteiger charge is 2.71. The maximum atomic E-state index is 13.6. The van der Waals surface area contributed by atoms with Crippen LogP contribution in [-0.4, -0.2) is 44.0 Å². The first-order valence-electron chi connectivity index (χ1n) is 9.76. The van der Waals surface area contributed by atoms with E-state index in [1.54, 1.807) is 7.11 Å². The third-order valence-corrected chi connectivity index (χ3v) is 8.11. The summed E-state index contributed by atoms with van der Waals surface area (Å²) in [5.41, 5.74) is -0.641. The lowest BCUT2D eigenvalue weighted by atomic mass is 9.40. The predicted molar refractivity (Wildman–Crippen MR) is 95.6 cm³/mol. The summed E-state index contributed by atoms with van der Waals surface area (Å²) in [6.07, 6.45) is 1.43. The van der Waals surface area contributed by atoms with Crippen molar-refractivity contribution < 1.29 is 28.6 Å². The Morgan fingerprint density at radius 2 is 1.81 bits per heavy atom. The molecule has 1 aliphatic heterocycles. The molecule has 0 unspecified atom stereocenters. The first kappa shape index (κ1) is 18.7. The average Bonchev–Trinajstić information content (AvgIpc) is 2.61. The van der Waals surface area contributed by atoms with Gasteiger partial charge in [0.25, 0.3) is 0 Å². The van der Waals surface area contributed by atoms with Crippen molar-refractivity contribution in [3.05, 3.63) is 11.3 Å². The number of hydrogen-bond donors (Lipinski definition) is 0. The minimum Gasteiger partial charge on any atom is -0.493 e. The maximum absolute atomic E-state index is 13.6. The monoisotopic (exact) mass is 376 g/mol. The highest BCUT2D eigenvalue weighted by Crippen LogP contribution is 2.66. The lowest BCUT2D eigenvalue weighted by Crippen LogP contribution is -2.69. The summed E-state index contributed by atoms with van der Waals surface area (Å²) in [4.78, 5) is 39.4. The van der Waals surface area contributed by atoms with Gasteiger partial charge in [-0.2, -0.15) is 0 Å². The summed E-state index contributed by atoms with van der Waals surface area (Å²) in [6, 6.07) is 0. The van der Waals surface area contributed by atoms with Crippen LogP contribution in [-0.2, 0) is 28.6 Å². The van der Waals surface area contributed by atoms with E-state index in [9.17, 15) is 14.4 Å². The highest BCUT2D eigenvalue weighted by atomic mass is 16.5. The number of ketones is 2. The fourth-order valence-electron chi connectivity index (χ4n) is 6.76. The lowest BCUT2D eigenvalue weighted by molar-refractivity contribution is -0.220. The molecule has 148 valence electrons. The van der Waals surface area contributed by atoms with Gasteiger partial charge >= 0.3 is 5.97 Å². The number of methoxy groups -OCH3 is 2. The Hall–Kier alpha value is -1.69. The normalized spacial score (nSPS) is 46.6. The van der Waals surface area contributed by atoms with Crippen molar-refractivity contribution in [3.8, 4) is 0 Å². The van der Waals surface area contributed by atoms with Crippen LogP contribution in [0.25, 0.3) is 0 Å². The molecular formula is C21H28O6. The maximum Gasteiger partial charge on any atom is 0.306 e. The van der Waals surface area contributed by atoms with Crippen LogP contribution in [0.4, 0.5) is 0 Å². The molecule has 2 saturated carbocycles. The van der Waals surface area contributed by atoms with Crippen LogP contribution < -0.4 is 0 Å². The van der Waals surface area contributed by atoms with E-state index >= 15 is 0 Å². The summed E-state index contributed by atoms with van der Waals surface area (Å²) < 4.78 is 16.7. The van der Waals surface area contributed by atoms with Gasteiger partial charge in [-0.3, -0.25) is 14.4 Å². The Balaban J connectivity index is 1.94. The Bertz CT molecular complexity index is 754. The van der Waals surface area contributed by atoms with Gasteiger partial charge in [-0.05, 0) is 37.7 Å². The van der Waals surface area contributed by atoms with E-state index in [0.29, 0.717) is 18.6 Å². The molecule has 7 atom stereocenters. The van der Waals surface area contributed by atoms with Crippen molar-refractivity contribution in [3.63, 3.8) is 0 Å². The van der Waals surface area contributed by atoms with Crippen LogP contribution in [0.3, 0.4) is 0 Å². The molecule has 0 spiro atoms. The number of hydrogen-bond acceptors (Lipinski definition) is 6. The van der Waals surface area contributed by atoms with Gasteiger partial charge in [-0.25, -0.2) is 0 Å². The second kappa shape index (κ2) is 5.90. The zero-order chi connectivity index (χ0) is 19.7. The van der Waals surface area contributed by atoms with Gasteiger partial charge in [-0.1, -0.05) is 13.8 Å². The molecule has 1 heterocycles. The molecule has 6 heteroatoms. The second-order valence-electron chi connectivity index (χ2n) is 9.00.